The molecule has 0 unspecified atom stereocenters. The number of hydrogen-bond acceptors (Lipinski definition) is 5. The maximum atomic E-state index is 11.3. The van der Waals surface area contributed by atoms with Gasteiger partial charge in [-0.1, -0.05) is 6.07 Å². The molecule has 0 fully saturated rings. The third kappa shape index (κ3) is 3.34. The Hall–Kier alpha value is -2.30. The second-order valence-electron chi connectivity index (χ2n) is 3.19. The summed E-state index contributed by atoms with van der Waals surface area (Å²) in [7, 11) is 2.58. The van der Waals surface area contributed by atoms with E-state index < -0.39 is 11.9 Å². The Labute approximate surface area is 98.8 Å². The van der Waals surface area contributed by atoms with Gasteiger partial charge < -0.3 is 15.2 Å². The van der Waals surface area contributed by atoms with Crippen molar-refractivity contribution >= 4 is 23.7 Å². The second-order valence-corrected chi connectivity index (χ2v) is 3.19. The molecule has 0 spiro atoms. The molecule has 0 bridgehead atoms. The first-order valence-electron chi connectivity index (χ1n) is 4.82. The number of carbonyl (C=O) groups is 2. The van der Waals surface area contributed by atoms with E-state index in [1.54, 1.807) is 18.2 Å². The average Bonchev–Trinajstić information content (AvgIpc) is 2.35. The van der Waals surface area contributed by atoms with Gasteiger partial charge in [0.05, 0.1) is 19.8 Å². The van der Waals surface area contributed by atoms with Crippen LogP contribution in [0.5, 0.6) is 0 Å². The lowest BCUT2D eigenvalue weighted by Crippen LogP contribution is -2.05. The summed E-state index contributed by atoms with van der Waals surface area (Å²) < 4.78 is 9.01. The lowest BCUT2D eigenvalue weighted by Gasteiger charge is -2.04. The largest absolute Gasteiger partial charge is 0.466 e. The van der Waals surface area contributed by atoms with Gasteiger partial charge in [0.1, 0.15) is 0 Å². The highest BCUT2D eigenvalue weighted by molar-refractivity contribution is 5.95. The van der Waals surface area contributed by atoms with E-state index in [4.69, 9.17) is 5.73 Å². The minimum atomic E-state index is -0.494. The number of nitrogen functional groups attached to an aromatic ring is 1. The van der Waals surface area contributed by atoms with Gasteiger partial charge >= 0.3 is 11.9 Å². The lowest BCUT2D eigenvalue weighted by molar-refractivity contribution is -0.134. The molecule has 5 heteroatoms. The maximum Gasteiger partial charge on any atom is 0.339 e. The van der Waals surface area contributed by atoms with Crippen LogP contribution in [0.4, 0.5) is 5.69 Å². The van der Waals surface area contributed by atoms with Gasteiger partial charge in [0.2, 0.25) is 0 Å². The number of esters is 2. The van der Waals surface area contributed by atoms with Crippen molar-refractivity contribution in [1.29, 1.82) is 0 Å². The van der Waals surface area contributed by atoms with E-state index in [-0.39, 0.29) is 0 Å². The van der Waals surface area contributed by atoms with Crippen molar-refractivity contribution in [2.45, 2.75) is 0 Å². The number of hydrogen-bond donors (Lipinski definition) is 1. The third-order valence-electron chi connectivity index (χ3n) is 2.09. The molecule has 0 aliphatic heterocycles. The van der Waals surface area contributed by atoms with Gasteiger partial charge in [-0.05, 0) is 23.8 Å². The summed E-state index contributed by atoms with van der Waals surface area (Å²) in [5.41, 5.74) is 6.97. The third-order valence-corrected chi connectivity index (χ3v) is 2.09. The van der Waals surface area contributed by atoms with Crippen LogP contribution in [0.25, 0.3) is 6.08 Å². The van der Waals surface area contributed by atoms with Gasteiger partial charge in [0.15, 0.2) is 0 Å². The monoisotopic (exact) mass is 235 g/mol. The topological polar surface area (TPSA) is 78.6 Å². The molecule has 1 rings (SSSR count). The molecule has 0 saturated heterocycles. The van der Waals surface area contributed by atoms with Gasteiger partial charge in [-0.3, -0.25) is 0 Å². The SMILES string of the molecule is COC(=O)C=Cc1ccc(C(=O)OC)c(N)c1. The van der Waals surface area contributed by atoms with Crippen LogP contribution < -0.4 is 5.73 Å². The maximum absolute atomic E-state index is 11.3. The van der Waals surface area contributed by atoms with Crippen LogP contribution in [-0.4, -0.2) is 26.2 Å². The summed E-state index contributed by atoms with van der Waals surface area (Å²) >= 11 is 0. The summed E-state index contributed by atoms with van der Waals surface area (Å²) in [4.78, 5) is 22.1. The van der Waals surface area contributed by atoms with E-state index >= 15 is 0 Å². The predicted octanol–water partition coefficient (Wildman–Crippen LogP) is 1.24. The van der Waals surface area contributed by atoms with Crippen LogP contribution in [0.15, 0.2) is 24.3 Å². The average molecular weight is 235 g/mol. The normalized spacial score (nSPS) is 10.2. The Morgan fingerprint density at radius 3 is 2.47 bits per heavy atom. The Balaban J connectivity index is 2.93. The number of carbonyl (C=O) groups excluding carboxylic acids is 2. The van der Waals surface area contributed by atoms with Crippen molar-refractivity contribution in [1.82, 2.24) is 0 Å². The molecule has 0 aliphatic rings. The van der Waals surface area contributed by atoms with Crippen LogP contribution in [0.3, 0.4) is 0 Å². The van der Waals surface area contributed by atoms with Gasteiger partial charge in [0.25, 0.3) is 0 Å². The second kappa shape index (κ2) is 5.69. The van der Waals surface area contributed by atoms with Crippen LogP contribution >= 0.6 is 0 Å². The van der Waals surface area contributed by atoms with Gasteiger partial charge in [-0.2, -0.15) is 0 Å². The first kappa shape index (κ1) is 12.8. The van der Waals surface area contributed by atoms with E-state index in [9.17, 15) is 9.59 Å². The Bertz CT molecular complexity index is 466. The standard InChI is InChI=1S/C12H13NO4/c1-16-11(14)6-4-8-3-5-9(10(13)7-8)12(15)17-2/h3-7H,13H2,1-2H3. The molecule has 1 aromatic carbocycles. The summed E-state index contributed by atoms with van der Waals surface area (Å²) in [6.45, 7) is 0. The van der Waals surface area contributed by atoms with Gasteiger partial charge in [-0.25, -0.2) is 9.59 Å². The molecule has 0 heterocycles. The van der Waals surface area contributed by atoms with Crippen molar-refractivity contribution < 1.29 is 19.1 Å². The van der Waals surface area contributed by atoms with Gasteiger partial charge in [-0.15, -0.1) is 0 Å². The highest BCUT2D eigenvalue weighted by atomic mass is 16.5. The van der Waals surface area contributed by atoms with E-state index in [1.165, 1.54) is 26.4 Å². The van der Waals surface area contributed by atoms with Crippen LogP contribution in [0.2, 0.25) is 0 Å². The number of ether oxygens (including phenoxy) is 2. The van der Waals surface area contributed by atoms with E-state index in [0.29, 0.717) is 16.8 Å². The molecule has 0 saturated carbocycles. The van der Waals surface area contributed by atoms with Crippen molar-refractivity contribution in [3.63, 3.8) is 0 Å². The lowest BCUT2D eigenvalue weighted by atomic mass is 10.1. The molecule has 0 atom stereocenters. The Kier molecular flexibility index (Phi) is 4.28. The fourth-order valence-corrected chi connectivity index (χ4v) is 1.21. The first-order chi connectivity index (χ1) is 8.08. The van der Waals surface area contributed by atoms with Gasteiger partial charge in [0, 0.05) is 11.8 Å². The van der Waals surface area contributed by atoms with E-state index in [1.807, 2.05) is 0 Å². The summed E-state index contributed by atoms with van der Waals surface area (Å²) in [6, 6.07) is 4.77. The van der Waals surface area contributed by atoms with Crippen LogP contribution in [-0.2, 0) is 14.3 Å². The summed E-state index contributed by atoms with van der Waals surface area (Å²) in [5.74, 6) is -0.952. The van der Waals surface area contributed by atoms with E-state index in [0.717, 1.165) is 0 Å². The zero-order valence-electron chi connectivity index (χ0n) is 9.60. The van der Waals surface area contributed by atoms with Crippen LogP contribution in [0, 0.1) is 0 Å². The fourth-order valence-electron chi connectivity index (χ4n) is 1.21. The number of nitrogens with two attached hydrogens (primary N) is 1. The van der Waals surface area contributed by atoms with E-state index in [2.05, 4.69) is 9.47 Å². The number of rotatable bonds is 3. The summed E-state index contributed by atoms with van der Waals surface area (Å²) in [5, 5.41) is 0. The molecule has 90 valence electrons. The first-order valence-corrected chi connectivity index (χ1v) is 4.82. The molecule has 17 heavy (non-hydrogen) atoms. The molecule has 0 radical (unpaired) electrons. The zero-order valence-corrected chi connectivity index (χ0v) is 9.60. The van der Waals surface area contributed by atoms with Crippen molar-refractivity contribution in [3.8, 4) is 0 Å². The minimum Gasteiger partial charge on any atom is -0.466 e. The van der Waals surface area contributed by atoms with Crippen molar-refractivity contribution in [3.05, 3.63) is 35.4 Å². The number of benzene rings is 1. The Morgan fingerprint density at radius 1 is 1.24 bits per heavy atom. The van der Waals surface area contributed by atoms with Crippen molar-refractivity contribution in [2.75, 3.05) is 20.0 Å². The minimum absolute atomic E-state index is 0.294. The molecule has 0 aromatic heterocycles. The van der Waals surface area contributed by atoms with Crippen molar-refractivity contribution in [2.24, 2.45) is 0 Å². The smallest absolute Gasteiger partial charge is 0.339 e. The predicted molar refractivity (Wildman–Crippen MR) is 63.2 cm³/mol. The molecule has 0 aliphatic carbocycles. The molecular weight excluding hydrogens is 222 g/mol. The fraction of sp³-hybridized carbons (Fsp3) is 0.167. The van der Waals surface area contributed by atoms with Crippen LogP contribution in [0.1, 0.15) is 15.9 Å². The summed E-state index contributed by atoms with van der Waals surface area (Å²) in [6.07, 6.45) is 2.82. The molecule has 5 nitrogen and oxygen atoms in total. The molecule has 0 amide bonds. The molecule has 2 N–H and O–H groups in total. The highest BCUT2D eigenvalue weighted by Crippen LogP contribution is 2.16. The molecule has 1 aromatic rings. The molecular formula is C12H13NO4. The quantitative estimate of drug-likeness (QED) is 0.484. The highest BCUT2D eigenvalue weighted by Gasteiger charge is 2.09. The number of methoxy groups -OCH3 is 2. The number of anilines is 1. The Morgan fingerprint density at radius 2 is 1.94 bits per heavy atom. The zero-order chi connectivity index (χ0) is 12.8.